The number of aliphatic hydroxyl groups is 1. The van der Waals surface area contributed by atoms with Crippen molar-refractivity contribution in [3.63, 3.8) is 0 Å². The number of benzene rings is 2. The van der Waals surface area contributed by atoms with Crippen LogP contribution in [0.1, 0.15) is 89.7 Å². The lowest BCUT2D eigenvalue weighted by Gasteiger charge is -2.28. The van der Waals surface area contributed by atoms with Crippen molar-refractivity contribution < 1.29 is 48.6 Å². The number of nitrogens with zero attached hydrogens (tertiary/aromatic N) is 1. The molecule has 0 radical (unpaired) electrons. The van der Waals surface area contributed by atoms with E-state index in [1.54, 1.807) is 12.4 Å². The first-order valence-electron chi connectivity index (χ1n) is 26.0. The normalized spacial score (nSPS) is 14.4. The number of amides is 7. The van der Waals surface area contributed by atoms with Crippen molar-refractivity contribution >= 4 is 75.1 Å². The Labute approximate surface area is 447 Å². The molecule has 2 aromatic heterocycles. The zero-order chi connectivity index (χ0) is 56.6. The van der Waals surface area contributed by atoms with Gasteiger partial charge in [0.2, 0.25) is 41.4 Å². The van der Waals surface area contributed by atoms with Gasteiger partial charge in [-0.05, 0) is 107 Å². The fraction of sp³-hybridized carbons (Fsp3) is 0.519. The first-order valence-corrected chi connectivity index (χ1v) is 26.0. The van der Waals surface area contributed by atoms with E-state index in [-0.39, 0.29) is 76.5 Å². The van der Waals surface area contributed by atoms with Gasteiger partial charge in [-0.3, -0.25) is 38.6 Å². The lowest BCUT2D eigenvalue weighted by atomic mass is 9.99. The van der Waals surface area contributed by atoms with Gasteiger partial charge in [0.15, 0.2) is 5.96 Å². The minimum absolute atomic E-state index is 0.0393. The molecule has 0 spiro atoms. The van der Waals surface area contributed by atoms with Gasteiger partial charge in [-0.15, -0.1) is 0 Å². The first kappa shape index (κ1) is 61.9. The zero-order valence-electron chi connectivity index (χ0n) is 44.1. The molecular weight excluding hydrogens is 995 g/mol. The van der Waals surface area contributed by atoms with E-state index in [1.165, 1.54) is 6.92 Å². The summed E-state index contributed by atoms with van der Waals surface area (Å²) < 4.78 is 0. The van der Waals surface area contributed by atoms with E-state index in [4.69, 9.17) is 28.7 Å². The third kappa shape index (κ3) is 19.8. The summed E-state index contributed by atoms with van der Waals surface area (Å²) in [6, 6.07) is 4.36. The fourth-order valence-electron chi connectivity index (χ4n) is 8.58. The van der Waals surface area contributed by atoms with Crippen LogP contribution in [0.2, 0.25) is 0 Å². The second-order valence-corrected chi connectivity index (χ2v) is 19.5. The number of nitrogens with two attached hydrogens (primary N) is 5. The maximum Gasteiger partial charge on any atom is 0.326 e. The standard InChI is InChI=1S/C52H79N15O10/c1-29(2)23-41(49(74)67-43(51(76)77)25-32-27-60-37-16-7-5-14-34(32)37)65-50(75)42(24-31-26-59-36-15-6-4-13-33(31)36)66-48(73)39(18-9-11-21-54)63-47(72)40(19-12-22-58-52(56)57)64-46(71)38(17-8-10-20-53)62-44(69)30(3)61-45(70)35(55)28-68/h4-7,13-16,26-27,29-30,35,38-43,59-60,68H,8-12,17-25,28,53-55H2,1-3H3,(H,61,70)(H,62,69)(H,63,72)(H,64,71)(H,65,75)(H,66,73)(H,67,74)(H,76,77)(H4,56,57,58)/t30-,35-,38-,39-,40-,41-,42-,43-/m0/s1. The van der Waals surface area contributed by atoms with Crippen LogP contribution >= 0.6 is 0 Å². The average molecular weight is 1070 g/mol. The summed E-state index contributed by atoms with van der Waals surface area (Å²) in [5, 5.41) is 39.8. The van der Waals surface area contributed by atoms with Crippen LogP contribution in [0.25, 0.3) is 21.8 Å². The maximum absolute atomic E-state index is 14.7. The summed E-state index contributed by atoms with van der Waals surface area (Å²) in [6.45, 7) is 4.98. The number of unbranched alkanes of at least 4 members (excludes halogenated alkanes) is 2. The van der Waals surface area contributed by atoms with Crippen molar-refractivity contribution in [2.24, 2.45) is 39.6 Å². The van der Waals surface area contributed by atoms with Crippen LogP contribution < -0.4 is 65.9 Å². The number of carbonyl (C=O) groups is 8. The molecule has 7 amide bonds. The summed E-state index contributed by atoms with van der Waals surface area (Å²) in [5.74, 6) is -7.06. The van der Waals surface area contributed by atoms with E-state index in [2.05, 4.69) is 52.2 Å². The highest BCUT2D eigenvalue weighted by molar-refractivity contribution is 5.98. The highest BCUT2D eigenvalue weighted by Gasteiger charge is 2.35. The van der Waals surface area contributed by atoms with Crippen LogP contribution in [0.3, 0.4) is 0 Å². The first-order chi connectivity index (χ1) is 36.8. The lowest BCUT2D eigenvalue weighted by molar-refractivity contribution is -0.142. The molecule has 0 aliphatic heterocycles. The smallest absolute Gasteiger partial charge is 0.326 e. The predicted molar refractivity (Wildman–Crippen MR) is 291 cm³/mol. The number of hydrogen-bond acceptors (Lipinski definition) is 13. The number of guanidine groups is 1. The van der Waals surface area contributed by atoms with Crippen molar-refractivity contribution in [2.75, 3.05) is 26.2 Å². The Hall–Kier alpha value is -7.61. The highest BCUT2D eigenvalue weighted by atomic mass is 16.4. The Balaban J connectivity index is 1.63. The molecule has 0 unspecified atom stereocenters. The van der Waals surface area contributed by atoms with Crippen molar-refractivity contribution in [1.82, 2.24) is 47.2 Å². The number of aliphatic carboxylic acids is 1. The highest BCUT2D eigenvalue weighted by Crippen LogP contribution is 2.21. The number of H-pyrrole nitrogens is 2. The number of fused-ring (bicyclic) bond motifs is 2. The van der Waals surface area contributed by atoms with E-state index < -0.39 is 102 Å². The molecule has 0 saturated heterocycles. The van der Waals surface area contributed by atoms with Crippen LogP contribution in [0.15, 0.2) is 65.9 Å². The van der Waals surface area contributed by atoms with Gasteiger partial charge >= 0.3 is 5.97 Å². The molecule has 8 atom stereocenters. The minimum Gasteiger partial charge on any atom is -0.480 e. The second-order valence-electron chi connectivity index (χ2n) is 19.5. The summed E-state index contributed by atoms with van der Waals surface area (Å²) >= 11 is 0. The Morgan fingerprint density at radius 3 is 1.43 bits per heavy atom. The molecule has 25 nitrogen and oxygen atoms in total. The Bertz CT molecular complexity index is 2630. The summed E-state index contributed by atoms with van der Waals surface area (Å²) in [7, 11) is 0. The Kier molecular flexibility index (Phi) is 25.3. The zero-order valence-corrected chi connectivity index (χ0v) is 44.1. The molecule has 0 fully saturated rings. The molecular formula is C52H79N15O10. The lowest BCUT2D eigenvalue weighted by Crippen LogP contribution is -2.60. The van der Waals surface area contributed by atoms with E-state index in [1.807, 2.05) is 62.4 Å². The number of aliphatic imine (C=N–C) groups is 1. The number of para-hydroxylation sites is 2. The molecule has 0 bridgehead atoms. The molecule has 2 heterocycles. The third-order valence-corrected chi connectivity index (χ3v) is 12.8. The van der Waals surface area contributed by atoms with Gasteiger partial charge in [-0.25, -0.2) is 4.79 Å². The van der Waals surface area contributed by atoms with E-state index in [0.29, 0.717) is 36.8 Å². The quantitative estimate of drug-likeness (QED) is 0.0146. The van der Waals surface area contributed by atoms with Gasteiger partial charge in [-0.2, -0.15) is 0 Å². The summed E-state index contributed by atoms with van der Waals surface area (Å²) in [4.78, 5) is 121. The van der Waals surface area contributed by atoms with Crippen LogP contribution in [0.5, 0.6) is 0 Å². The van der Waals surface area contributed by atoms with Crippen molar-refractivity contribution in [1.29, 1.82) is 0 Å². The number of carboxylic acid groups (broad SMARTS) is 1. The molecule has 2 aromatic carbocycles. The fourth-order valence-corrected chi connectivity index (χ4v) is 8.58. The topological polar surface area (TPSA) is 435 Å². The molecule has 0 saturated carbocycles. The Morgan fingerprint density at radius 1 is 0.545 bits per heavy atom. The summed E-state index contributed by atoms with van der Waals surface area (Å²) in [6.07, 6.45) is 5.28. The van der Waals surface area contributed by atoms with Crippen LogP contribution in [-0.2, 0) is 51.2 Å². The SMILES string of the molecule is CC(C)C[C@H](NC(=O)[C@H](Cc1c[nH]c2ccccc12)NC(=O)[C@H](CCCCN)NC(=O)[C@H](CCCN=C(N)N)NC(=O)[C@H](CCCCN)NC(=O)[C@H](C)NC(=O)[C@@H](N)CO)C(=O)N[C@@H](Cc1c[nH]c2ccccc12)C(=O)O. The van der Waals surface area contributed by atoms with Crippen molar-refractivity contribution in [3.8, 4) is 0 Å². The molecule has 0 aliphatic carbocycles. The number of hydrogen-bond donors (Lipinski definition) is 16. The van der Waals surface area contributed by atoms with Crippen molar-refractivity contribution in [2.45, 2.75) is 140 Å². The molecule has 0 aliphatic rings. The van der Waals surface area contributed by atoms with Crippen LogP contribution in [0, 0.1) is 5.92 Å². The molecule has 4 rings (SSSR count). The number of aromatic nitrogens is 2. The van der Waals surface area contributed by atoms with Gasteiger partial charge in [0.1, 0.15) is 48.3 Å². The molecule has 422 valence electrons. The van der Waals surface area contributed by atoms with E-state index in [0.717, 1.165) is 21.8 Å². The molecule has 25 heteroatoms. The number of aliphatic hydroxyl groups excluding tert-OH is 1. The number of aromatic amines is 2. The van der Waals surface area contributed by atoms with Gasteiger partial charge in [0.05, 0.1) is 6.61 Å². The number of carbonyl (C=O) groups excluding carboxylic acids is 7. The van der Waals surface area contributed by atoms with Crippen LogP contribution in [0.4, 0.5) is 0 Å². The predicted octanol–water partition coefficient (Wildman–Crippen LogP) is -1.39. The number of rotatable bonds is 34. The van der Waals surface area contributed by atoms with Gasteiger partial charge in [0, 0.05) is 53.6 Å². The number of carboxylic acids is 1. The molecule has 77 heavy (non-hydrogen) atoms. The summed E-state index contributed by atoms with van der Waals surface area (Å²) in [5.41, 5.74) is 31.1. The molecule has 4 aromatic rings. The van der Waals surface area contributed by atoms with Gasteiger partial charge < -0.3 is 86.1 Å². The average Bonchev–Trinajstić information content (AvgIpc) is 4.01. The monoisotopic (exact) mass is 1070 g/mol. The van der Waals surface area contributed by atoms with E-state index in [9.17, 15) is 48.6 Å². The molecule has 21 N–H and O–H groups in total. The minimum atomic E-state index is -1.37. The second kappa shape index (κ2) is 31.4. The van der Waals surface area contributed by atoms with E-state index >= 15 is 0 Å². The maximum atomic E-state index is 14.7. The third-order valence-electron chi connectivity index (χ3n) is 12.8. The van der Waals surface area contributed by atoms with Gasteiger partial charge in [0.25, 0.3) is 0 Å². The van der Waals surface area contributed by atoms with Crippen molar-refractivity contribution in [3.05, 3.63) is 72.1 Å². The Morgan fingerprint density at radius 2 is 0.961 bits per heavy atom. The largest absolute Gasteiger partial charge is 0.480 e. The number of nitrogens with one attached hydrogen (secondary N) is 9. The van der Waals surface area contributed by atoms with Crippen LogP contribution in [-0.4, -0.2) is 148 Å². The van der Waals surface area contributed by atoms with Gasteiger partial charge in [-0.1, -0.05) is 50.2 Å².